The van der Waals surface area contributed by atoms with E-state index in [9.17, 15) is 0 Å². The van der Waals surface area contributed by atoms with Crippen molar-refractivity contribution < 1.29 is 0 Å². The molecule has 1 aliphatic heterocycles. The van der Waals surface area contributed by atoms with Gasteiger partial charge in [-0.1, -0.05) is 12.2 Å². The average molecular weight is 107 g/mol. The molecule has 0 atom stereocenters. The van der Waals surface area contributed by atoms with Crippen LogP contribution in [0.5, 0.6) is 0 Å². The van der Waals surface area contributed by atoms with E-state index >= 15 is 0 Å². The predicted molar refractivity (Wildman–Crippen MR) is 36.0 cm³/mol. The summed E-state index contributed by atoms with van der Waals surface area (Å²) in [4.78, 5) is 3.94. The van der Waals surface area contributed by atoms with Gasteiger partial charge in [0.2, 0.25) is 0 Å². The highest BCUT2D eigenvalue weighted by Crippen LogP contribution is 1.94. The SMILES string of the molecule is C1=CCCC=CN=C1. The normalized spacial score (nSPS) is 18.0. The summed E-state index contributed by atoms with van der Waals surface area (Å²) in [6.07, 6.45) is 12.1. The zero-order valence-corrected chi connectivity index (χ0v) is 4.75. The van der Waals surface area contributed by atoms with Crippen LogP contribution >= 0.6 is 0 Å². The maximum Gasteiger partial charge on any atom is 0.0264 e. The molecule has 0 radical (unpaired) electrons. The summed E-state index contributed by atoms with van der Waals surface area (Å²) in [6.45, 7) is 0. The zero-order chi connectivity index (χ0) is 5.66. The molecule has 0 saturated heterocycles. The molecule has 0 aromatic rings. The lowest BCUT2D eigenvalue weighted by molar-refractivity contribution is 1.05. The van der Waals surface area contributed by atoms with Crippen molar-refractivity contribution >= 4 is 6.21 Å². The molecular weight excluding hydrogens is 98.1 g/mol. The first-order valence-corrected chi connectivity index (χ1v) is 2.83. The van der Waals surface area contributed by atoms with E-state index in [1.807, 2.05) is 12.3 Å². The van der Waals surface area contributed by atoms with E-state index in [1.54, 1.807) is 6.21 Å². The molecule has 0 amide bonds. The highest BCUT2D eigenvalue weighted by molar-refractivity contribution is 5.71. The number of aliphatic imine (C=N–C) groups is 1. The molecule has 0 saturated carbocycles. The van der Waals surface area contributed by atoms with Crippen LogP contribution in [0.2, 0.25) is 0 Å². The summed E-state index contributed by atoms with van der Waals surface area (Å²) in [7, 11) is 0. The van der Waals surface area contributed by atoms with E-state index in [4.69, 9.17) is 0 Å². The second-order valence-electron chi connectivity index (χ2n) is 1.69. The minimum atomic E-state index is 1.12. The summed E-state index contributed by atoms with van der Waals surface area (Å²) in [5.41, 5.74) is 0. The highest BCUT2D eigenvalue weighted by Gasteiger charge is 1.76. The maximum atomic E-state index is 3.94. The van der Waals surface area contributed by atoms with Gasteiger partial charge in [0, 0.05) is 12.4 Å². The van der Waals surface area contributed by atoms with Gasteiger partial charge in [0.1, 0.15) is 0 Å². The molecule has 1 rings (SSSR count). The Bertz CT molecular complexity index is 115. The Labute approximate surface area is 49.4 Å². The summed E-state index contributed by atoms with van der Waals surface area (Å²) in [6, 6.07) is 0. The number of allylic oxidation sites excluding steroid dienone is 3. The molecule has 0 bridgehead atoms. The Balaban J connectivity index is 2.51. The van der Waals surface area contributed by atoms with Crippen LogP contribution in [0.4, 0.5) is 0 Å². The number of nitrogens with zero attached hydrogens (tertiary/aromatic N) is 1. The standard InChI is InChI=1S/C7H9N/c1-2-4-6-8-7-5-3-1/h2,4-7H,1,3H2. The van der Waals surface area contributed by atoms with Gasteiger partial charge in [-0.3, -0.25) is 4.99 Å². The van der Waals surface area contributed by atoms with Gasteiger partial charge >= 0.3 is 0 Å². The average Bonchev–Trinajstić information content (AvgIpc) is 1.62. The van der Waals surface area contributed by atoms with Gasteiger partial charge in [0.25, 0.3) is 0 Å². The fourth-order valence-electron chi connectivity index (χ4n) is 0.584. The Hall–Kier alpha value is -0.850. The van der Waals surface area contributed by atoms with Gasteiger partial charge < -0.3 is 0 Å². The van der Waals surface area contributed by atoms with Crippen molar-refractivity contribution in [3.63, 3.8) is 0 Å². The van der Waals surface area contributed by atoms with E-state index in [0.29, 0.717) is 0 Å². The van der Waals surface area contributed by atoms with Crippen molar-refractivity contribution in [1.82, 2.24) is 0 Å². The molecule has 42 valence electrons. The quantitative estimate of drug-likeness (QED) is 0.448. The second-order valence-corrected chi connectivity index (χ2v) is 1.69. The van der Waals surface area contributed by atoms with Crippen molar-refractivity contribution in [1.29, 1.82) is 0 Å². The van der Waals surface area contributed by atoms with Crippen molar-refractivity contribution in [2.24, 2.45) is 4.99 Å². The van der Waals surface area contributed by atoms with Crippen LogP contribution in [-0.4, -0.2) is 6.21 Å². The van der Waals surface area contributed by atoms with Crippen molar-refractivity contribution in [3.8, 4) is 0 Å². The van der Waals surface area contributed by atoms with Crippen LogP contribution in [0.3, 0.4) is 0 Å². The van der Waals surface area contributed by atoms with E-state index in [1.165, 1.54) is 0 Å². The first kappa shape index (κ1) is 5.29. The third-order valence-corrected chi connectivity index (χ3v) is 1.000. The first-order chi connectivity index (χ1) is 4.00. The second kappa shape index (κ2) is 3.19. The minimum absolute atomic E-state index is 1.12. The van der Waals surface area contributed by atoms with E-state index < -0.39 is 0 Å². The van der Waals surface area contributed by atoms with Crippen LogP contribution in [0, 0.1) is 0 Å². The molecule has 0 aliphatic carbocycles. The fourth-order valence-corrected chi connectivity index (χ4v) is 0.584. The molecule has 0 aromatic heterocycles. The Morgan fingerprint density at radius 1 is 1.12 bits per heavy atom. The summed E-state index contributed by atoms with van der Waals surface area (Å²) >= 11 is 0. The van der Waals surface area contributed by atoms with Gasteiger partial charge in [-0.25, -0.2) is 0 Å². The molecule has 0 unspecified atom stereocenters. The van der Waals surface area contributed by atoms with E-state index in [0.717, 1.165) is 12.8 Å². The van der Waals surface area contributed by atoms with Crippen LogP contribution < -0.4 is 0 Å². The van der Waals surface area contributed by atoms with Gasteiger partial charge in [0.15, 0.2) is 0 Å². The van der Waals surface area contributed by atoms with E-state index in [-0.39, 0.29) is 0 Å². The number of rotatable bonds is 0. The molecular formula is C7H9N. The van der Waals surface area contributed by atoms with Gasteiger partial charge in [-0.05, 0) is 18.9 Å². The van der Waals surface area contributed by atoms with Crippen LogP contribution in [0.25, 0.3) is 0 Å². The van der Waals surface area contributed by atoms with Crippen molar-refractivity contribution in [2.75, 3.05) is 0 Å². The van der Waals surface area contributed by atoms with Crippen molar-refractivity contribution in [3.05, 3.63) is 24.4 Å². The highest BCUT2D eigenvalue weighted by atomic mass is 14.7. The van der Waals surface area contributed by atoms with E-state index in [2.05, 4.69) is 17.1 Å². The Morgan fingerprint density at radius 3 is 3.00 bits per heavy atom. The summed E-state index contributed by atoms with van der Waals surface area (Å²) < 4.78 is 0. The van der Waals surface area contributed by atoms with Crippen LogP contribution in [0.15, 0.2) is 29.4 Å². The Morgan fingerprint density at radius 2 is 2.00 bits per heavy atom. The fraction of sp³-hybridized carbons (Fsp3) is 0.286. The zero-order valence-electron chi connectivity index (χ0n) is 4.75. The molecule has 1 nitrogen and oxygen atoms in total. The smallest absolute Gasteiger partial charge is 0.0264 e. The first-order valence-electron chi connectivity index (χ1n) is 2.83. The van der Waals surface area contributed by atoms with Gasteiger partial charge in [-0.15, -0.1) is 0 Å². The van der Waals surface area contributed by atoms with Crippen LogP contribution in [-0.2, 0) is 0 Å². The van der Waals surface area contributed by atoms with Crippen molar-refractivity contribution in [2.45, 2.75) is 12.8 Å². The summed E-state index contributed by atoms with van der Waals surface area (Å²) in [5, 5.41) is 0. The molecule has 0 N–H and O–H groups in total. The number of hydrogen-bond acceptors (Lipinski definition) is 1. The third kappa shape index (κ3) is 1.73. The molecule has 1 heterocycles. The lowest BCUT2D eigenvalue weighted by atomic mass is 10.3. The molecule has 0 aromatic carbocycles. The predicted octanol–water partition coefficient (Wildman–Crippen LogP) is 1.92. The third-order valence-electron chi connectivity index (χ3n) is 1.000. The molecule has 8 heavy (non-hydrogen) atoms. The largest absolute Gasteiger partial charge is 0.265 e. The van der Waals surface area contributed by atoms with Crippen LogP contribution in [0.1, 0.15) is 12.8 Å². The maximum absolute atomic E-state index is 3.94. The monoisotopic (exact) mass is 107 g/mol. The molecule has 0 fully saturated rings. The lowest BCUT2D eigenvalue weighted by Gasteiger charge is -1.86. The lowest BCUT2D eigenvalue weighted by Crippen LogP contribution is -1.70. The topological polar surface area (TPSA) is 12.4 Å². The minimum Gasteiger partial charge on any atom is -0.265 e. The molecule has 1 heteroatoms. The molecule has 1 aliphatic rings. The van der Waals surface area contributed by atoms with Gasteiger partial charge in [-0.2, -0.15) is 0 Å². The summed E-state index contributed by atoms with van der Waals surface area (Å²) in [5.74, 6) is 0. The Kier molecular flexibility index (Phi) is 2.11. The van der Waals surface area contributed by atoms with Gasteiger partial charge in [0.05, 0.1) is 0 Å². The number of hydrogen-bond donors (Lipinski definition) is 0. The molecule has 0 spiro atoms.